The fourth-order valence-electron chi connectivity index (χ4n) is 3.73. The Balaban J connectivity index is 0.00000196. The van der Waals surface area contributed by atoms with E-state index >= 15 is 0 Å². The zero-order chi connectivity index (χ0) is 18.4. The minimum Gasteiger partial charge on any atom is -0.337 e. The van der Waals surface area contributed by atoms with Gasteiger partial charge in [0.15, 0.2) is 0 Å². The normalized spacial score (nSPS) is 14.6. The highest BCUT2D eigenvalue weighted by Crippen LogP contribution is 2.24. The molecule has 0 unspecified atom stereocenters. The highest BCUT2D eigenvalue weighted by Gasteiger charge is 2.25. The van der Waals surface area contributed by atoms with E-state index in [-0.39, 0.29) is 36.8 Å². The van der Waals surface area contributed by atoms with Crippen molar-refractivity contribution in [3.63, 3.8) is 0 Å². The fourth-order valence-corrected chi connectivity index (χ4v) is 3.73. The van der Waals surface area contributed by atoms with Crippen molar-refractivity contribution in [1.29, 1.82) is 0 Å². The lowest BCUT2D eigenvalue weighted by molar-refractivity contribution is -0.131. The minimum atomic E-state index is 0. The number of hydrogen-bond donors (Lipinski definition) is 1. The molecular formula is C22H31Cl2N3O. The maximum Gasteiger partial charge on any atom is 0.227 e. The summed E-state index contributed by atoms with van der Waals surface area (Å²) in [6.07, 6.45) is 2.90. The summed E-state index contributed by atoms with van der Waals surface area (Å²) < 4.78 is 0. The second-order valence-corrected chi connectivity index (χ2v) is 7.09. The van der Waals surface area contributed by atoms with E-state index < -0.39 is 0 Å². The summed E-state index contributed by atoms with van der Waals surface area (Å²) in [5.74, 6) is 0.138. The Bertz CT molecular complexity index is 721. The Hall–Kier alpha value is -1.59. The number of carbonyl (C=O) groups excluding carboxylic acids is 1. The lowest BCUT2D eigenvalue weighted by Crippen LogP contribution is -2.39. The maximum absolute atomic E-state index is 13.0. The van der Waals surface area contributed by atoms with Gasteiger partial charge in [-0.15, -0.1) is 24.8 Å². The number of carbonyl (C=O) groups is 1. The molecule has 2 N–H and O–H groups in total. The van der Waals surface area contributed by atoms with Gasteiger partial charge in [-0.25, -0.2) is 0 Å². The molecule has 1 aliphatic heterocycles. The van der Waals surface area contributed by atoms with Crippen LogP contribution in [0.1, 0.15) is 35.6 Å². The Morgan fingerprint density at radius 1 is 1.00 bits per heavy atom. The molecule has 4 nitrogen and oxygen atoms in total. The van der Waals surface area contributed by atoms with Crippen molar-refractivity contribution in [1.82, 2.24) is 9.80 Å². The summed E-state index contributed by atoms with van der Waals surface area (Å²) in [6.45, 7) is 3.61. The van der Waals surface area contributed by atoms with Crippen LogP contribution in [0, 0.1) is 0 Å². The van der Waals surface area contributed by atoms with Crippen LogP contribution in [0.25, 0.3) is 0 Å². The lowest BCUT2D eigenvalue weighted by atomic mass is 10.0. The van der Waals surface area contributed by atoms with E-state index in [0.29, 0.717) is 13.0 Å². The molecule has 0 spiro atoms. The number of likely N-dealkylation sites (N-methyl/N-ethyl adjacent to an activating group) is 1. The van der Waals surface area contributed by atoms with E-state index in [0.717, 1.165) is 30.8 Å². The first-order valence-corrected chi connectivity index (χ1v) is 9.49. The van der Waals surface area contributed by atoms with Crippen LogP contribution in [0.3, 0.4) is 0 Å². The summed E-state index contributed by atoms with van der Waals surface area (Å²) in [5, 5.41) is 0. The third-order valence-electron chi connectivity index (χ3n) is 5.36. The number of rotatable bonds is 7. The molecule has 1 saturated heterocycles. The molecule has 6 heteroatoms. The standard InChI is InChI=1S/C22H29N3O.2ClH/c1-24(22(26)15-19-11-5-6-12-20(19)16-23)21(17-25-13-7-8-14-25)18-9-3-2-4-10-18;;/h2-6,9-12,21H,7-8,13-17,23H2,1H3;2*1H/t21-;;/m1../s1. The molecule has 0 aliphatic carbocycles. The van der Waals surface area contributed by atoms with Gasteiger partial charge in [0, 0.05) is 20.1 Å². The summed E-state index contributed by atoms with van der Waals surface area (Å²) in [6, 6.07) is 18.4. The second kappa shape index (κ2) is 12.1. The summed E-state index contributed by atoms with van der Waals surface area (Å²) in [4.78, 5) is 17.4. The Morgan fingerprint density at radius 3 is 2.18 bits per heavy atom. The smallest absolute Gasteiger partial charge is 0.227 e. The average molecular weight is 424 g/mol. The number of likely N-dealkylation sites (tertiary alicyclic amines) is 1. The van der Waals surface area contributed by atoms with Crippen molar-refractivity contribution >= 4 is 30.7 Å². The molecule has 28 heavy (non-hydrogen) atoms. The summed E-state index contributed by atoms with van der Waals surface area (Å²) in [7, 11) is 1.93. The van der Waals surface area contributed by atoms with Crippen LogP contribution in [-0.4, -0.2) is 42.4 Å². The van der Waals surface area contributed by atoms with Gasteiger partial charge in [0.2, 0.25) is 5.91 Å². The van der Waals surface area contributed by atoms with Gasteiger partial charge in [0.25, 0.3) is 0 Å². The molecule has 1 aliphatic rings. The van der Waals surface area contributed by atoms with Crippen molar-refractivity contribution < 1.29 is 4.79 Å². The average Bonchev–Trinajstić information content (AvgIpc) is 3.20. The van der Waals surface area contributed by atoms with E-state index in [1.54, 1.807) is 0 Å². The Kier molecular flexibility index (Phi) is 10.5. The monoisotopic (exact) mass is 423 g/mol. The quantitative estimate of drug-likeness (QED) is 0.735. The summed E-state index contributed by atoms with van der Waals surface area (Å²) in [5.41, 5.74) is 9.10. The number of amides is 1. The van der Waals surface area contributed by atoms with Gasteiger partial charge >= 0.3 is 0 Å². The molecule has 3 rings (SSSR count). The molecule has 1 fully saturated rings. The number of halogens is 2. The van der Waals surface area contributed by atoms with Crippen molar-refractivity contribution in [2.75, 3.05) is 26.7 Å². The lowest BCUT2D eigenvalue weighted by Gasteiger charge is -2.32. The van der Waals surface area contributed by atoms with Crippen molar-refractivity contribution in [3.05, 3.63) is 71.3 Å². The van der Waals surface area contributed by atoms with Gasteiger partial charge in [0.1, 0.15) is 0 Å². The van der Waals surface area contributed by atoms with E-state index in [2.05, 4.69) is 17.0 Å². The van der Waals surface area contributed by atoms with Crippen molar-refractivity contribution in [2.45, 2.75) is 31.8 Å². The van der Waals surface area contributed by atoms with Gasteiger partial charge in [-0.05, 0) is 42.6 Å². The second-order valence-electron chi connectivity index (χ2n) is 7.09. The molecule has 0 bridgehead atoms. The third kappa shape index (κ3) is 6.21. The van der Waals surface area contributed by atoms with Gasteiger partial charge in [0.05, 0.1) is 12.5 Å². The predicted molar refractivity (Wildman–Crippen MR) is 120 cm³/mol. The molecule has 2 aromatic rings. The minimum absolute atomic E-state index is 0. The zero-order valence-corrected chi connectivity index (χ0v) is 18.1. The SMILES string of the molecule is CN(C(=O)Cc1ccccc1CN)[C@H](CN1CCCC1)c1ccccc1.Cl.Cl. The first-order chi connectivity index (χ1) is 12.7. The van der Waals surface area contributed by atoms with E-state index in [1.807, 2.05) is 54.4 Å². The highest BCUT2D eigenvalue weighted by atomic mass is 35.5. The zero-order valence-electron chi connectivity index (χ0n) is 16.4. The van der Waals surface area contributed by atoms with Gasteiger partial charge in [-0.2, -0.15) is 0 Å². The van der Waals surface area contributed by atoms with E-state index in [1.165, 1.54) is 18.4 Å². The molecule has 1 heterocycles. The molecular weight excluding hydrogens is 393 g/mol. The van der Waals surface area contributed by atoms with Gasteiger partial charge in [-0.1, -0.05) is 54.6 Å². The first-order valence-electron chi connectivity index (χ1n) is 9.49. The molecule has 2 aromatic carbocycles. The van der Waals surface area contributed by atoms with Crippen molar-refractivity contribution in [2.24, 2.45) is 5.73 Å². The van der Waals surface area contributed by atoms with Crippen LogP contribution in [0.2, 0.25) is 0 Å². The molecule has 154 valence electrons. The molecule has 0 radical (unpaired) electrons. The van der Waals surface area contributed by atoms with Gasteiger partial charge < -0.3 is 15.5 Å². The summed E-state index contributed by atoms with van der Waals surface area (Å²) >= 11 is 0. The largest absolute Gasteiger partial charge is 0.337 e. The molecule has 0 saturated carbocycles. The van der Waals surface area contributed by atoms with Crippen LogP contribution < -0.4 is 5.73 Å². The third-order valence-corrected chi connectivity index (χ3v) is 5.36. The topological polar surface area (TPSA) is 49.6 Å². The number of nitrogens with two attached hydrogens (primary N) is 1. The fraction of sp³-hybridized carbons (Fsp3) is 0.409. The van der Waals surface area contributed by atoms with Gasteiger partial charge in [-0.3, -0.25) is 4.79 Å². The van der Waals surface area contributed by atoms with Crippen LogP contribution in [0.5, 0.6) is 0 Å². The first kappa shape index (κ1) is 24.4. The molecule has 0 aromatic heterocycles. The van der Waals surface area contributed by atoms with Crippen LogP contribution in [0.15, 0.2) is 54.6 Å². The van der Waals surface area contributed by atoms with E-state index in [9.17, 15) is 4.79 Å². The molecule has 1 atom stereocenters. The van der Waals surface area contributed by atoms with E-state index in [4.69, 9.17) is 5.73 Å². The molecule has 1 amide bonds. The van der Waals surface area contributed by atoms with Crippen LogP contribution >= 0.6 is 24.8 Å². The highest BCUT2D eigenvalue weighted by molar-refractivity contribution is 5.85. The van der Waals surface area contributed by atoms with Crippen LogP contribution in [0.4, 0.5) is 0 Å². The van der Waals surface area contributed by atoms with Crippen molar-refractivity contribution in [3.8, 4) is 0 Å². The number of hydrogen-bond acceptors (Lipinski definition) is 3. The predicted octanol–water partition coefficient (Wildman–Crippen LogP) is 3.83. The maximum atomic E-state index is 13.0. The number of nitrogens with zero attached hydrogens (tertiary/aromatic N) is 2. The number of benzene rings is 2. The van der Waals surface area contributed by atoms with Crippen LogP contribution in [-0.2, 0) is 17.8 Å². The Labute approximate surface area is 180 Å². The Morgan fingerprint density at radius 2 is 1.57 bits per heavy atom.